The van der Waals surface area contributed by atoms with Gasteiger partial charge in [-0.3, -0.25) is 9.69 Å². The maximum Gasteiger partial charge on any atom is 0.348 e. The van der Waals surface area contributed by atoms with Gasteiger partial charge in [0.05, 0.1) is 19.3 Å². The van der Waals surface area contributed by atoms with Crippen molar-refractivity contribution in [3.8, 4) is 0 Å². The van der Waals surface area contributed by atoms with Crippen molar-refractivity contribution in [2.75, 3.05) is 39.5 Å². The highest BCUT2D eigenvalue weighted by Gasteiger charge is 2.35. The van der Waals surface area contributed by atoms with Crippen LogP contribution in [0.15, 0.2) is 36.4 Å². The predicted molar refractivity (Wildman–Crippen MR) is 151 cm³/mol. The van der Waals surface area contributed by atoms with Crippen LogP contribution in [0.1, 0.15) is 96.0 Å². The van der Waals surface area contributed by atoms with Crippen molar-refractivity contribution >= 4 is 23.1 Å². The van der Waals surface area contributed by atoms with Crippen LogP contribution in [0.4, 0.5) is 0 Å². The van der Waals surface area contributed by atoms with Crippen molar-refractivity contribution in [2.45, 2.75) is 76.7 Å². The summed E-state index contributed by atoms with van der Waals surface area (Å²) >= 11 is 1.52. The van der Waals surface area contributed by atoms with Crippen LogP contribution in [0.3, 0.4) is 0 Å². The van der Waals surface area contributed by atoms with Crippen LogP contribution in [0.5, 0.6) is 0 Å². The number of aryl methyl sites for hydroxylation is 1. The van der Waals surface area contributed by atoms with Gasteiger partial charge in [-0.2, -0.15) is 0 Å². The summed E-state index contributed by atoms with van der Waals surface area (Å²) in [6.07, 6.45) is 8.16. The van der Waals surface area contributed by atoms with Crippen molar-refractivity contribution in [1.29, 1.82) is 0 Å². The van der Waals surface area contributed by atoms with Gasteiger partial charge in [0.2, 0.25) is 0 Å². The second-order valence-corrected chi connectivity index (χ2v) is 11.8. The van der Waals surface area contributed by atoms with Gasteiger partial charge in [0.15, 0.2) is 0 Å². The van der Waals surface area contributed by atoms with Gasteiger partial charge in [-0.05, 0) is 61.3 Å². The number of nitrogens with zero attached hydrogens (tertiary/aromatic N) is 1. The number of aliphatic hydroxyl groups is 1. The highest BCUT2D eigenvalue weighted by atomic mass is 32.1. The number of benzene rings is 1. The average Bonchev–Trinajstić information content (AvgIpc) is 3.56. The summed E-state index contributed by atoms with van der Waals surface area (Å²) in [4.78, 5) is 29.3. The molecule has 1 aliphatic carbocycles. The van der Waals surface area contributed by atoms with Gasteiger partial charge in [0.25, 0.3) is 0 Å². The van der Waals surface area contributed by atoms with Gasteiger partial charge in [-0.25, -0.2) is 4.79 Å². The van der Waals surface area contributed by atoms with Gasteiger partial charge in [0, 0.05) is 36.9 Å². The van der Waals surface area contributed by atoms with Crippen LogP contribution >= 0.6 is 11.3 Å². The number of unbranched alkanes of at least 4 members (excludes halogenated alkanes) is 2. The second-order valence-electron chi connectivity index (χ2n) is 10.7. The van der Waals surface area contributed by atoms with Crippen molar-refractivity contribution in [3.63, 3.8) is 0 Å². The summed E-state index contributed by atoms with van der Waals surface area (Å²) in [5.41, 5.74) is 2.03. The van der Waals surface area contributed by atoms with E-state index in [9.17, 15) is 14.7 Å². The third-order valence-electron chi connectivity index (χ3n) is 7.95. The quantitative estimate of drug-likeness (QED) is 0.236. The lowest BCUT2D eigenvalue weighted by Crippen LogP contribution is -2.38. The number of morpholine rings is 1. The number of ketones is 1. The molecular weight excluding hydrogens is 498 g/mol. The Kier molecular flexibility index (Phi) is 11.4. The summed E-state index contributed by atoms with van der Waals surface area (Å²) in [6, 6.07) is 12.0. The number of rotatable bonds is 14. The first-order valence-electron chi connectivity index (χ1n) is 14.4. The third kappa shape index (κ3) is 8.22. The molecule has 7 heteroatoms. The van der Waals surface area contributed by atoms with E-state index in [4.69, 9.17) is 9.47 Å². The molecule has 1 unspecified atom stereocenters. The summed E-state index contributed by atoms with van der Waals surface area (Å²) in [7, 11) is 0. The van der Waals surface area contributed by atoms with E-state index in [1.54, 1.807) is 0 Å². The highest BCUT2D eigenvalue weighted by molar-refractivity contribution is 7.13. The SMILES string of the molecule is CCCCCC(O)c1ccc([C@H]2C(=O)CC[C@@H]2CCCc2ccc(C(=O)OCCN3CCOCC3)s2)cc1. The van der Waals surface area contributed by atoms with Crippen molar-refractivity contribution in [2.24, 2.45) is 5.92 Å². The molecule has 1 aromatic heterocycles. The topological polar surface area (TPSA) is 76.1 Å². The van der Waals surface area contributed by atoms with E-state index in [0.29, 0.717) is 29.6 Å². The van der Waals surface area contributed by atoms with Crippen molar-refractivity contribution < 1.29 is 24.2 Å². The van der Waals surface area contributed by atoms with E-state index < -0.39 is 6.10 Å². The van der Waals surface area contributed by atoms with E-state index in [1.807, 2.05) is 24.3 Å². The van der Waals surface area contributed by atoms with Crippen LogP contribution in [0, 0.1) is 5.92 Å². The molecule has 1 saturated heterocycles. The van der Waals surface area contributed by atoms with E-state index >= 15 is 0 Å². The van der Waals surface area contributed by atoms with Gasteiger partial charge in [0.1, 0.15) is 17.3 Å². The normalized spacial score (nSPS) is 21.1. The van der Waals surface area contributed by atoms with Crippen molar-refractivity contribution in [3.05, 3.63) is 57.3 Å². The standard InChI is InChI=1S/C31H43NO5S/c1-2-3-4-8-27(33)23-9-11-25(12-10-23)30-24(13-15-28(30)34)6-5-7-26-14-16-29(38-26)31(35)37-22-19-32-17-20-36-21-18-32/h9-12,14,16,24,27,30,33H,2-8,13,15,17-22H2,1H3/t24-,27?,30-/m0/s1. The molecule has 38 heavy (non-hydrogen) atoms. The van der Waals surface area contributed by atoms with E-state index in [0.717, 1.165) is 95.3 Å². The number of Topliss-reactive ketones (excluding diaryl/α,β-unsaturated/α-hetero) is 1. The molecule has 1 N–H and O–H groups in total. The first kappa shape index (κ1) is 28.9. The molecule has 3 atom stereocenters. The monoisotopic (exact) mass is 541 g/mol. The largest absolute Gasteiger partial charge is 0.460 e. The Morgan fingerprint density at radius 1 is 1.13 bits per heavy atom. The van der Waals surface area contributed by atoms with Gasteiger partial charge in [-0.15, -0.1) is 11.3 Å². The molecule has 4 rings (SSSR count). The van der Waals surface area contributed by atoms with Crippen LogP contribution in [0.25, 0.3) is 0 Å². The summed E-state index contributed by atoms with van der Waals surface area (Å²) in [5.74, 6) is 0.411. The minimum atomic E-state index is -0.427. The fraction of sp³-hybridized carbons (Fsp3) is 0.613. The zero-order valence-electron chi connectivity index (χ0n) is 22.7. The molecule has 2 fully saturated rings. The summed E-state index contributed by atoms with van der Waals surface area (Å²) < 4.78 is 10.8. The van der Waals surface area contributed by atoms with Crippen LogP contribution in [0.2, 0.25) is 0 Å². The fourth-order valence-electron chi connectivity index (χ4n) is 5.69. The zero-order chi connectivity index (χ0) is 26.7. The number of esters is 1. The first-order valence-corrected chi connectivity index (χ1v) is 15.2. The average molecular weight is 542 g/mol. The molecule has 2 aliphatic rings. The molecule has 0 bridgehead atoms. The maximum atomic E-state index is 12.8. The lowest BCUT2D eigenvalue weighted by Gasteiger charge is -2.26. The Hall–Kier alpha value is -2.06. The molecule has 6 nitrogen and oxygen atoms in total. The van der Waals surface area contributed by atoms with Crippen LogP contribution in [-0.2, 0) is 20.7 Å². The van der Waals surface area contributed by atoms with Crippen LogP contribution < -0.4 is 0 Å². The number of thiophene rings is 1. The molecule has 1 aliphatic heterocycles. The molecule has 208 valence electrons. The molecule has 0 amide bonds. The number of aliphatic hydroxyl groups excluding tert-OH is 1. The minimum absolute atomic E-state index is 0.0402. The van der Waals surface area contributed by atoms with Crippen LogP contribution in [-0.4, -0.2) is 61.2 Å². The Morgan fingerprint density at radius 2 is 1.92 bits per heavy atom. The highest BCUT2D eigenvalue weighted by Crippen LogP contribution is 2.40. The molecule has 0 spiro atoms. The lowest BCUT2D eigenvalue weighted by atomic mass is 9.84. The van der Waals surface area contributed by atoms with E-state index in [1.165, 1.54) is 16.2 Å². The number of carbonyl (C=O) groups excluding carboxylic acids is 2. The number of ether oxygens (including phenoxy) is 2. The van der Waals surface area contributed by atoms with E-state index in [2.05, 4.69) is 24.0 Å². The van der Waals surface area contributed by atoms with Crippen molar-refractivity contribution in [1.82, 2.24) is 4.90 Å². The van der Waals surface area contributed by atoms with Gasteiger partial charge >= 0.3 is 5.97 Å². The first-order chi connectivity index (χ1) is 18.5. The second kappa shape index (κ2) is 14.9. The minimum Gasteiger partial charge on any atom is -0.460 e. The molecule has 2 heterocycles. The zero-order valence-corrected chi connectivity index (χ0v) is 23.6. The molecule has 1 aromatic carbocycles. The smallest absolute Gasteiger partial charge is 0.348 e. The predicted octanol–water partition coefficient (Wildman–Crippen LogP) is 5.94. The molecular formula is C31H43NO5S. The Morgan fingerprint density at radius 3 is 2.68 bits per heavy atom. The fourth-order valence-corrected chi connectivity index (χ4v) is 6.63. The molecule has 1 saturated carbocycles. The number of hydrogen-bond acceptors (Lipinski definition) is 7. The maximum absolute atomic E-state index is 12.8. The summed E-state index contributed by atoms with van der Waals surface area (Å²) in [5, 5.41) is 10.5. The third-order valence-corrected chi connectivity index (χ3v) is 9.07. The van der Waals surface area contributed by atoms with Gasteiger partial charge in [-0.1, -0.05) is 50.5 Å². The molecule has 0 radical (unpaired) electrons. The Bertz CT molecular complexity index is 1010. The van der Waals surface area contributed by atoms with E-state index in [-0.39, 0.29) is 11.9 Å². The number of carbonyl (C=O) groups is 2. The molecule has 2 aromatic rings. The number of hydrogen-bond donors (Lipinski definition) is 1. The lowest BCUT2D eigenvalue weighted by molar-refractivity contribution is -0.119. The summed E-state index contributed by atoms with van der Waals surface area (Å²) in [6.45, 7) is 6.59. The Balaban J connectivity index is 1.22. The Labute approximate surface area is 231 Å². The van der Waals surface area contributed by atoms with Gasteiger partial charge < -0.3 is 14.6 Å².